The number of carbonyl (C=O) groups is 1. The first-order valence-corrected chi connectivity index (χ1v) is 12.7. The number of nitrogens with one attached hydrogen (secondary N) is 1. The summed E-state index contributed by atoms with van der Waals surface area (Å²) in [5.41, 5.74) is 5.87. The lowest BCUT2D eigenvalue weighted by molar-refractivity contribution is 0.0945. The van der Waals surface area contributed by atoms with Gasteiger partial charge in [0.25, 0.3) is 5.91 Å². The third-order valence-corrected chi connectivity index (χ3v) is 7.01. The molecule has 0 atom stereocenters. The van der Waals surface area contributed by atoms with Crippen LogP contribution in [0, 0.1) is 6.92 Å². The first-order chi connectivity index (χ1) is 17.2. The molecule has 0 aliphatic heterocycles. The molecule has 2 heterocycles. The standard InChI is InChI=1S/C30H27N3OS/c1-22-14-16-25(17-15-22)33-28(21-27(32-33)29-13-8-20-35-29)30(34)31-19-18-26(23-9-4-2-5-10-23)24-11-6-3-7-12-24/h2-17,20-21,26H,18-19H2,1H3,(H,31,34). The molecular formula is C30H27N3OS. The van der Waals surface area contributed by atoms with Gasteiger partial charge in [0, 0.05) is 12.5 Å². The zero-order valence-corrected chi connectivity index (χ0v) is 20.4. The SMILES string of the molecule is Cc1ccc(-n2nc(-c3cccs3)cc2C(=O)NCCC(c2ccccc2)c2ccccc2)cc1. The van der Waals surface area contributed by atoms with E-state index in [1.54, 1.807) is 16.0 Å². The molecule has 5 heteroatoms. The number of rotatable bonds is 8. The highest BCUT2D eigenvalue weighted by atomic mass is 32.1. The van der Waals surface area contributed by atoms with E-state index in [9.17, 15) is 4.79 Å². The van der Waals surface area contributed by atoms with Crippen molar-refractivity contribution < 1.29 is 4.79 Å². The van der Waals surface area contributed by atoms with Crippen molar-refractivity contribution in [3.05, 3.63) is 131 Å². The van der Waals surface area contributed by atoms with E-state index in [1.165, 1.54) is 16.7 Å². The van der Waals surface area contributed by atoms with Gasteiger partial charge in [-0.1, -0.05) is 84.4 Å². The van der Waals surface area contributed by atoms with Crippen LogP contribution in [0.5, 0.6) is 0 Å². The van der Waals surface area contributed by atoms with Gasteiger partial charge in [0.15, 0.2) is 0 Å². The van der Waals surface area contributed by atoms with Crippen LogP contribution in [0.3, 0.4) is 0 Å². The Balaban J connectivity index is 1.37. The van der Waals surface area contributed by atoms with Gasteiger partial charge in [0.2, 0.25) is 0 Å². The highest BCUT2D eigenvalue weighted by molar-refractivity contribution is 7.13. The van der Waals surface area contributed by atoms with Crippen molar-refractivity contribution in [2.24, 2.45) is 0 Å². The molecule has 3 aromatic carbocycles. The summed E-state index contributed by atoms with van der Waals surface area (Å²) in [7, 11) is 0. The normalized spacial score (nSPS) is 11.0. The molecule has 5 rings (SSSR count). The monoisotopic (exact) mass is 477 g/mol. The molecule has 1 N–H and O–H groups in total. The van der Waals surface area contributed by atoms with Crippen LogP contribution in [0.25, 0.3) is 16.3 Å². The Hall–Kier alpha value is -3.96. The van der Waals surface area contributed by atoms with E-state index in [0.717, 1.165) is 22.7 Å². The summed E-state index contributed by atoms with van der Waals surface area (Å²) in [6.07, 6.45) is 0.802. The van der Waals surface area contributed by atoms with E-state index in [2.05, 4.69) is 53.8 Å². The molecule has 4 nitrogen and oxygen atoms in total. The van der Waals surface area contributed by atoms with Gasteiger partial charge < -0.3 is 5.32 Å². The molecule has 0 unspecified atom stereocenters. The fourth-order valence-electron chi connectivity index (χ4n) is 4.29. The third kappa shape index (κ3) is 5.26. The summed E-state index contributed by atoms with van der Waals surface area (Å²) >= 11 is 1.62. The third-order valence-electron chi connectivity index (χ3n) is 6.12. The molecule has 0 bridgehead atoms. The first-order valence-electron chi connectivity index (χ1n) is 11.8. The van der Waals surface area contributed by atoms with Crippen LogP contribution < -0.4 is 5.32 Å². The number of aromatic nitrogens is 2. The van der Waals surface area contributed by atoms with Gasteiger partial charge in [-0.2, -0.15) is 5.10 Å². The molecule has 0 radical (unpaired) electrons. The number of carbonyl (C=O) groups excluding carboxylic acids is 1. The second-order valence-electron chi connectivity index (χ2n) is 8.56. The Morgan fingerprint density at radius 1 is 0.886 bits per heavy atom. The van der Waals surface area contributed by atoms with E-state index in [4.69, 9.17) is 5.10 Å². The summed E-state index contributed by atoms with van der Waals surface area (Å²) < 4.78 is 1.75. The van der Waals surface area contributed by atoms with Crippen LogP contribution in [0.15, 0.2) is 109 Å². The lowest BCUT2D eigenvalue weighted by Crippen LogP contribution is -2.28. The topological polar surface area (TPSA) is 46.9 Å². The van der Waals surface area contributed by atoms with Crippen molar-refractivity contribution in [1.29, 1.82) is 0 Å². The van der Waals surface area contributed by atoms with Crippen LogP contribution in [-0.4, -0.2) is 22.2 Å². The Morgan fingerprint density at radius 3 is 2.14 bits per heavy atom. The van der Waals surface area contributed by atoms with Gasteiger partial charge in [0.1, 0.15) is 11.4 Å². The zero-order chi connectivity index (χ0) is 24.0. The van der Waals surface area contributed by atoms with Crippen molar-refractivity contribution in [1.82, 2.24) is 15.1 Å². The highest BCUT2D eigenvalue weighted by Gasteiger charge is 2.19. The van der Waals surface area contributed by atoms with Crippen LogP contribution in [0.4, 0.5) is 0 Å². The minimum atomic E-state index is -0.124. The van der Waals surface area contributed by atoms with Crippen molar-refractivity contribution >= 4 is 17.2 Å². The van der Waals surface area contributed by atoms with Crippen LogP contribution in [0.2, 0.25) is 0 Å². The number of amides is 1. The van der Waals surface area contributed by atoms with E-state index in [-0.39, 0.29) is 11.8 Å². The average molecular weight is 478 g/mol. The number of nitrogens with zero attached hydrogens (tertiary/aromatic N) is 2. The quantitative estimate of drug-likeness (QED) is 0.265. The number of benzene rings is 3. The van der Waals surface area contributed by atoms with Crippen LogP contribution >= 0.6 is 11.3 Å². The second-order valence-corrected chi connectivity index (χ2v) is 9.51. The fourth-order valence-corrected chi connectivity index (χ4v) is 4.97. The minimum Gasteiger partial charge on any atom is -0.351 e. The predicted molar refractivity (Wildman–Crippen MR) is 143 cm³/mol. The van der Waals surface area contributed by atoms with E-state index in [0.29, 0.717) is 12.2 Å². The van der Waals surface area contributed by atoms with Gasteiger partial charge in [-0.25, -0.2) is 4.68 Å². The van der Waals surface area contributed by atoms with Crippen molar-refractivity contribution in [3.8, 4) is 16.3 Å². The number of hydrogen-bond donors (Lipinski definition) is 1. The summed E-state index contributed by atoms with van der Waals surface area (Å²) in [5, 5.41) is 9.95. The van der Waals surface area contributed by atoms with Gasteiger partial charge in [-0.15, -0.1) is 11.3 Å². The van der Waals surface area contributed by atoms with E-state index >= 15 is 0 Å². The smallest absolute Gasteiger partial charge is 0.270 e. The van der Waals surface area contributed by atoms with Crippen molar-refractivity contribution in [2.45, 2.75) is 19.3 Å². The van der Waals surface area contributed by atoms with Crippen molar-refractivity contribution in [2.75, 3.05) is 6.54 Å². The van der Waals surface area contributed by atoms with Crippen LogP contribution in [-0.2, 0) is 0 Å². The minimum absolute atomic E-state index is 0.124. The Kier molecular flexibility index (Phi) is 6.87. The molecule has 0 saturated carbocycles. The largest absolute Gasteiger partial charge is 0.351 e. The number of hydrogen-bond acceptors (Lipinski definition) is 3. The zero-order valence-electron chi connectivity index (χ0n) is 19.6. The summed E-state index contributed by atoms with van der Waals surface area (Å²) in [5.74, 6) is 0.0853. The molecule has 0 aliphatic rings. The average Bonchev–Trinajstić information content (AvgIpc) is 3.59. The fraction of sp³-hybridized carbons (Fsp3) is 0.133. The molecule has 0 aliphatic carbocycles. The predicted octanol–water partition coefficient (Wildman–Crippen LogP) is 6.86. The molecule has 0 spiro atoms. The van der Waals surface area contributed by atoms with E-state index in [1.807, 2.05) is 66.9 Å². The molecular weight excluding hydrogens is 450 g/mol. The van der Waals surface area contributed by atoms with Crippen molar-refractivity contribution in [3.63, 3.8) is 0 Å². The Bertz CT molecular complexity index is 1340. The highest BCUT2D eigenvalue weighted by Crippen LogP contribution is 2.28. The van der Waals surface area contributed by atoms with Gasteiger partial charge in [-0.3, -0.25) is 4.79 Å². The van der Waals surface area contributed by atoms with Gasteiger partial charge in [0.05, 0.1) is 10.6 Å². The lowest BCUT2D eigenvalue weighted by Gasteiger charge is -2.18. The van der Waals surface area contributed by atoms with Gasteiger partial charge >= 0.3 is 0 Å². The molecule has 2 aromatic heterocycles. The Labute approximate surface area is 209 Å². The maximum absolute atomic E-state index is 13.4. The second kappa shape index (κ2) is 10.5. The maximum Gasteiger partial charge on any atom is 0.270 e. The molecule has 174 valence electrons. The lowest BCUT2D eigenvalue weighted by atomic mass is 9.88. The maximum atomic E-state index is 13.4. The van der Waals surface area contributed by atoms with E-state index < -0.39 is 0 Å². The molecule has 0 fully saturated rings. The molecule has 1 amide bonds. The summed E-state index contributed by atoms with van der Waals surface area (Å²) in [4.78, 5) is 14.4. The number of aryl methyl sites for hydroxylation is 1. The van der Waals surface area contributed by atoms with Crippen LogP contribution in [0.1, 0.15) is 39.5 Å². The first kappa shape index (κ1) is 22.8. The van der Waals surface area contributed by atoms with Gasteiger partial charge in [-0.05, 0) is 54.1 Å². The summed E-state index contributed by atoms with van der Waals surface area (Å²) in [6.45, 7) is 2.61. The molecule has 5 aromatic rings. The Morgan fingerprint density at radius 2 is 1.54 bits per heavy atom. The number of thiophene rings is 1. The molecule has 0 saturated heterocycles. The summed E-state index contributed by atoms with van der Waals surface area (Å²) in [6, 6.07) is 34.9. The molecule has 35 heavy (non-hydrogen) atoms.